The molecule has 0 radical (unpaired) electrons. The SMILES string of the molecule is CCOc1ccc(/C=N\NC(=O)c2cc(-c3ccccc3OC)n[nH]2)cc1. The van der Waals surface area contributed by atoms with E-state index in [1.165, 1.54) is 0 Å². The number of methoxy groups -OCH3 is 1. The summed E-state index contributed by atoms with van der Waals surface area (Å²) < 4.78 is 10.7. The van der Waals surface area contributed by atoms with Gasteiger partial charge in [-0.25, -0.2) is 5.43 Å². The summed E-state index contributed by atoms with van der Waals surface area (Å²) in [5, 5.41) is 10.9. The molecule has 0 saturated carbocycles. The Bertz CT molecular complexity index is 932. The van der Waals surface area contributed by atoms with Crippen molar-refractivity contribution in [2.75, 3.05) is 13.7 Å². The number of carbonyl (C=O) groups excluding carboxylic acids is 1. The predicted molar refractivity (Wildman–Crippen MR) is 103 cm³/mol. The molecule has 138 valence electrons. The smallest absolute Gasteiger partial charge is 0.289 e. The quantitative estimate of drug-likeness (QED) is 0.497. The van der Waals surface area contributed by atoms with Crippen molar-refractivity contribution in [3.63, 3.8) is 0 Å². The summed E-state index contributed by atoms with van der Waals surface area (Å²) in [6.45, 7) is 2.55. The number of nitrogens with one attached hydrogen (secondary N) is 2. The summed E-state index contributed by atoms with van der Waals surface area (Å²) in [5.74, 6) is 1.09. The number of benzene rings is 2. The number of rotatable bonds is 7. The van der Waals surface area contributed by atoms with Crippen molar-refractivity contribution in [3.8, 4) is 22.8 Å². The molecule has 1 heterocycles. The molecule has 3 aromatic rings. The van der Waals surface area contributed by atoms with Crippen LogP contribution in [-0.4, -0.2) is 36.0 Å². The van der Waals surface area contributed by atoms with Crippen LogP contribution in [0.2, 0.25) is 0 Å². The van der Waals surface area contributed by atoms with Crippen LogP contribution in [0.15, 0.2) is 59.7 Å². The molecule has 0 aliphatic carbocycles. The zero-order valence-electron chi connectivity index (χ0n) is 15.1. The molecule has 1 amide bonds. The standard InChI is InChI=1S/C20H20N4O3/c1-3-27-15-10-8-14(9-11-15)13-21-24-20(25)18-12-17(22-23-18)16-6-4-5-7-19(16)26-2/h4-13H,3H2,1-2H3,(H,22,23)(H,24,25)/b21-13-. The average molecular weight is 364 g/mol. The molecule has 7 nitrogen and oxygen atoms in total. The lowest BCUT2D eigenvalue weighted by Gasteiger charge is -2.04. The first kappa shape index (κ1) is 18.2. The van der Waals surface area contributed by atoms with Crippen molar-refractivity contribution in [2.24, 2.45) is 5.10 Å². The monoisotopic (exact) mass is 364 g/mol. The average Bonchev–Trinajstić information content (AvgIpc) is 3.19. The zero-order chi connectivity index (χ0) is 19.1. The Morgan fingerprint density at radius 2 is 2.00 bits per heavy atom. The molecule has 0 fully saturated rings. The van der Waals surface area contributed by atoms with Gasteiger partial charge in [-0.3, -0.25) is 9.89 Å². The number of H-pyrrole nitrogens is 1. The second-order valence-electron chi connectivity index (χ2n) is 5.57. The van der Waals surface area contributed by atoms with E-state index in [1.54, 1.807) is 19.4 Å². The molecule has 3 rings (SSSR count). The van der Waals surface area contributed by atoms with Crippen LogP contribution in [0.25, 0.3) is 11.3 Å². The Morgan fingerprint density at radius 1 is 1.22 bits per heavy atom. The molecule has 0 aliphatic rings. The van der Waals surface area contributed by atoms with E-state index in [4.69, 9.17) is 9.47 Å². The third-order valence-corrected chi connectivity index (χ3v) is 3.78. The normalized spacial score (nSPS) is 10.7. The van der Waals surface area contributed by atoms with Crippen LogP contribution in [-0.2, 0) is 0 Å². The summed E-state index contributed by atoms with van der Waals surface area (Å²) in [6, 6.07) is 16.5. The largest absolute Gasteiger partial charge is 0.496 e. The highest BCUT2D eigenvalue weighted by atomic mass is 16.5. The second-order valence-corrected chi connectivity index (χ2v) is 5.57. The zero-order valence-corrected chi connectivity index (χ0v) is 15.1. The first-order valence-corrected chi connectivity index (χ1v) is 8.46. The third kappa shape index (κ3) is 4.52. The minimum absolute atomic E-state index is 0.305. The highest BCUT2D eigenvalue weighted by Crippen LogP contribution is 2.28. The molecule has 1 aromatic heterocycles. The lowest BCUT2D eigenvalue weighted by molar-refractivity contribution is 0.0950. The van der Waals surface area contributed by atoms with Gasteiger partial charge in [0.1, 0.15) is 17.2 Å². The number of amides is 1. The summed E-state index contributed by atoms with van der Waals surface area (Å²) in [7, 11) is 1.59. The maximum Gasteiger partial charge on any atom is 0.289 e. The van der Waals surface area contributed by atoms with E-state index >= 15 is 0 Å². The van der Waals surface area contributed by atoms with Crippen molar-refractivity contribution in [2.45, 2.75) is 6.92 Å². The summed E-state index contributed by atoms with van der Waals surface area (Å²) in [4.78, 5) is 12.2. The van der Waals surface area contributed by atoms with E-state index < -0.39 is 0 Å². The van der Waals surface area contributed by atoms with E-state index in [0.717, 1.165) is 16.9 Å². The Kier molecular flexibility index (Phi) is 5.84. The molecule has 0 bridgehead atoms. The second kappa shape index (κ2) is 8.66. The fourth-order valence-electron chi connectivity index (χ4n) is 2.47. The summed E-state index contributed by atoms with van der Waals surface area (Å²) in [5.41, 5.74) is 5.05. The summed E-state index contributed by atoms with van der Waals surface area (Å²) in [6.07, 6.45) is 1.56. The van der Waals surface area contributed by atoms with Gasteiger partial charge in [-0.1, -0.05) is 12.1 Å². The number of hydrazone groups is 1. The van der Waals surface area contributed by atoms with E-state index in [-0.39, 0.29) is 5.91 Å². The number of hydrogen-bond donors (Lipinski definition) is 2. The lowest BCUT2D eigenvalue weighted by atomic mass is 10.1. The Balaban J connectivity index is 1.64. The number of nitrogens with zero attached hydrogens (tertiary/aromatic N) is 2. The van der Waals surface area contributed by atoms with E-state index in [0.29, 0.717) is 23.7 Å². The predicted octanol–water partition coefficient (Wildman–Crippen LogP) is 3.25. The van der Waals surface area contributed by atoms with Crippen LogP contribution >= 0.6 is 0 Å². The molecule has 0 saturated heterocycles. The van der Waals surface area contributed by atoms with Crippen LogP contribution in [0, 0.1) is 0 Å². The Hall–Kier alpha value is -3.61. The highest BCUT2D eigenvalue weighted by molar-refractivity contribution is 5.94. The van der Waals surface area contributed by atoms with Gasteiger partial charge in [-0.2, -0.15) is 10.2 Å². The van der Waals surface area contributed by atoms with Gasteiger partial charge in [-0.15, -0.1) is 0 Å². The number of hydrogen-bond acceptors (Lipinski definition) is 5. The summed E-state index contributed by atoms with van der Waals surface area (Å²) >= 11 is 0. The number of ether oxygens (including phenoxy) is 2. The van der Waals surface area contributed by atoms with Gasteiger partial charge in [0, 0.05) is 5.56 Å². The molecule has 7 heteroatoms. The van der Waals surface area contributed by atoms with Gasteiger partial charge in [0.05, 0.1) is 25.6 Å². The maximum absolute atomic E-state index is 12.2. The molecule has 27 heavy (non-hydrogen) atoms. The van der Waals surface area contributed by atoms with Crippen LogP contribution in [0.1, 0.15) is 23.0 Å². The highest BCUT2D eigenvalue weighted by Gasteiger charge is 2.13. The van der Waals surface area contributed by atoms with E-state index in [2.05, 4.69) is 20.7 Å². The van der Waals surface area contributed by atoms with Crippen molar-refractivity contribution in [3.05, 3.63) is 65.9 Å². The van der Waals surface area contributed by atoms with Gasteiger partial charge in [0.2, 0.25) is 0 Å². The molecule has 0 spiro atoms. The minimum Gasteiger partial charge on any atom is -0.496 e. The van der Waals surface area contributed by atoms with Crippen molar-refractivity contribution < 1.29 is 14.3 Å². The first-order valence-electron chi connectivity index (χ1n) is 8.46. The number of aromatic nitrogens is 2. The molecule has 0 atom stereocenters. The van der Waals surface area contributed by atoms with Gasteiger partial charge in [0.15, 0.2) is 0 Å². The number of aromatic amines is 1. The molecule has 2 aromatic carbocycles. The molecule has 0 aliphatic heterocycles. The maximum atomic E-state index is 12.2. The van der Waals surface area contributed by atoms with Crippen molar-refractivity contribution >= 4 is 12.1 Å². The minimum atomic E-state index is -0.383. The molecular formula is C20H20N4O3. The van der Waals surface area contributed by atoms with Crippen molar-refractivity contribution in [1.29, 1.82) is 0 Å². The number of para-hydroxylation sites is 1. The number of carbonyl (C=O) groups is 1. The van der Waals surface area contributed by atoms with Gasteiger partial charge in [-0.05, 0) is 55.0 Å². The van der Waals surface area contributed by atoms with Gasteiger partial charge < -0.3 is 9.47 Å². The third-order valence-electron chi connectivity index (χ3n) is 3.78. The topological polar surface area (TPSA) is 88.6 Å². The van der Waals surface area contributed by atoms with Crippen LogP contribution in [0.3, 0.4) is 0 Å². The molecule has 0 unspecified atom stereocenters. The van der Waals surface area contributed by atoms with Crippen LogP contribution in [0.5, 0.6) is 11.5 Å². The molecule has 2 N–H and O–H groups in total. The lowest BCUT2D eigenvalue weighted by Crippen LogP contribution is -2.17. The molecular weight excluding hydrogens is 344 g/mol. The fraction of sp³-hybridized carbons (Fsp3) is 0.150. The van der Waals surface area contributed by atoms with Crippen LogP contribution < -0.4 is 14.9 Å². The van der Waals surface area contributed by atoms with Gasteiger partial charge in [0.25, 0.3) is 5.91 Å². The van der Waals surface area contributed by atoms with Crippen LogP contribution in [0.4, 0.5) is 0 Å². The van der Waals surface area contributed by atoms with Crippen molar-refractivity contribution in [1.82, 2.24) is 15.6 Å². The first-order chi connectivity index (χ1) is 13.2. The Labute approximate surface area is 157 Å². The Morgan fingerprint density at radius 3 is 2.74 bits per heavy atom. The van der Waals surface area contributed by atoms with E-state index in [1.807, 2.05) is 55.5 Å². The van der Waals surface area contributed by atoms with Gasteiger partial charge >= 0.3 is 0 Å². The van der Waals surface area contributed by atoms with E-state index in [9.17, 15) is 4.79 Å². The fourth-order valence-corrected chi connectivity index (χ4v) is 2.47.